The van der Waals surface area contributed by atoms with Crippen LogP contribution in [0.3, 0.4) is 0 Å². The van der Waals surface area contributed by atoms with E-state index in [4.69, 9.17) is 10.3 Å². The van der Waals surface area contributed by atoms with Crippen LogP contribution >= 0.6 is 10.9 Å². The number of hydrogen-bond donors (Lipinski definition) is 3. The molecule has 1 aliphatic rings. The van der Waals surface area contributed by atoms with Gasteiger partial charge >= 0.3 is 5.97 Å². The van der Waals surface area contributed by atoms with E-state index < -0.39 is 35.1 Å². The number of rotatable bonds is 3. The Balaban J connectivity index is 2.74. The summed E-state index contributed by atoms with van der Waals surface area (Å²) in [6.45, 7) is 1.40. The average molecular weight is 263 g/mol. The third-order valence-electron chi connectivity index (χ3n) is 2.82. The Morgan fingerprint density at radius 3 is 2.82 bits per heavy atom. The number of aliphatic hydroxyl groups is 2. The first-order chi connectivity index (χ1) is 7.97. The van der Waals surface area contributed by atoms with Gasteiger partial charge in [0, 0.05) is 22.8 Å². The van der Waals surface area contributed by atoms with Gasteiger partial charge in [-0.3, -0.25) is 4.79 Å². The van der Waals surface area contributed by atoms with Gasteiger partial charge < -0.3 is 14.9 Å². The molecule has 1 heterocycles. The molecule has 0 spiro atoms. The molecule has 0 aromatic rings. The van der Waals surface area contributed by atoms with E-state index in [-0.39, 0.29) is 11.9 Å². The molecular formula is C9H17N3O4S. The van der Waals surface area contributed by atoms with Crippen LogP contribution in [0.4, 0.5) is 0 Å². The second-order valence-corrected chi connectivity index (χ2v) is 6.61. The highest BCUT2D eigenvalue weighted by Crippen LogP contribution is 2.38. The van der Waals surface area contributed by atoms with Gasteiger partial charge in [0.2, 0.25) is 0 Å². The lowest BCUT2D eigenvalue weighted by molar-refractivity contribution is -0.141. The summed E-state index contributed by atoms with van der Waals surface area (Å²) >= 11 is 0. The molecular weight excluding hydrogens is 246 g/mol. The zero-order chi connectivity index (χ0) is 13.0. The molecule has 0 aromatic carbocycles. The Kier molecular flexibility index (Phi) is 5.07. The van der Waals surface area contributed by atoms with Crippen molar-refractivity contribution in [1.82, 2.24) is 0 Å². The van der Waals surface area contributed by atoms with Gasteiger partial charge in [0.1, 0.15) is 6.61 Å². The van der Waals surface area contributed by atoms with Gasteiger partial charge in [0.15, 0.2) is 0 Å². The molecule has 1 rings (SSSR count). The molecule has 0 radical (unpaired) electrons. The third-order valence-corrected chi connectivity index (χ3v) is 5.36. The Labute approximate surface area is 102 Å². The number of aliphatic hydroxyl groups excluding tert-OH is 2. The number of ether oxygens (including phenoxy) is 1. The smallest absolute Gasteiger partial charge is 0.302 e. The Hall–Kier alpha value is -0.950. The van der Waals surface area contributed by atoms with E-state index in [1.54, 1.807) is 0 Å². The topological polar surface area (TPSA) is 116 Å². The summed E-state index contributed by atoms with van der Waals surface area (Å²) < 4.78 is 4.88. The first kappa shape index (κ1) is 14.1. The third kappa shape index (κ3) is 3.50. The number of carbonyl (C=O) groups excluding carboxylic acids is 1. The zero-order valence-corrected chi connectivity index (χ0v) is 10.6. The molecule has 7 nitrogen and oxygen atoms in total. The maximum Gasteiger partial charge on any atom is 0.302 e. The predicted molar refractivity (Wildman–Crippen MR) is 65.1 cm³/mol. The van der Waals surface area contributed by atoms with Crippen LogP contribution < -0.4 is 0 Å². The predicted octanol–water partition coefficient (Wildman–Crippen LogP) is -0.0366. The van der Waals surface area contributed by atoms with Crippen molar-refractivity contribution in [3.63, 3.8) is 0 Å². The average Bonchev–Trinajstić information content (AvgIpc) is 2.23. The Morgan fingerprint density at radius 2 is 2.29 bits per heavy atom. The molecule has 0 saturated carbocycles. The zero-order valence-electron chi connectivity index (χ0n) is 9.72. The van der Waals surface area contributed by atoms with Gasteiger partial charge in [-0.15, -0.1) is 0 Å². The van der Waals surface area contributed by atoms with Gasteiger partial charge in [-0.2, -0.15) is 0 Å². The lowest BCUT2D eigenvalue weighted by Crippen LogP contribution is -2.51. The normalized spacial score (nSPS) is 39.2. The standard InChI is InChI=1S/C9H17N3O4S/c1-5(13)16-3-7-9(15)8(11-12-10)6(14)4-17(7)2/h6-9,14-15,17H,3-4H2,1-2H3/t6-,7+,8-,9-/m0/s1. The highest BCUT2D eigenvalue weighted by atomic mass is 32.2. The van der Waals surface area contributed by atoms with Crippen LogP contribution in [0.15, 0.2) is 5.11 Å². The van der Waals surface area contributed by atoms with Gasteiger partial charge in [-0.1, -0.05) is 5.11 Å². The van der Waals surface area contributed by atoms with E-state index in [1.807, 2.05) is 6.26 Å². The Bertz CT molecular complexity index is 334. The van der Waals surface area contributed by atoms with E-state index in [0.717, 1.165) is 0 Å². The van der Waals surface area contributed by atoms with Crippen LogP contribution in [0.2, 0.25) is 0 Å². The fourth-order valence-electron chi connectivity index (χ4n) is 1.89. The molecule has 0 bridgehead atoms. The largest absolute Gasteiger partial charge is 0.465 e. The van der Waals surface area contributed by atoms with Gasteiger partial charge in [0.25, 0.3) is 0 Å². The summed E-state index contributed by atoms with van der Waals surface area (Å²) in [4.78, 5) is 13.4. The maximum atomic E-state index is 10.7. The molecule has 17 heavy (non-hydrogen) atoms. The van der Waals surface area contributed by atoms with Crippen molar-refractivity contribution in [2.45, 2.75) is 30.4 Å². The Morgan fingerprint density at radius 1 is 1.65 bits per heavy atom. The molecule has 2 N–H and O–H groups in total. The van der Waals surface area contributed by atoms with Crippen molar-refractivity contribution in [3.05, 3.63) is 10.4 Å². The lowest BCUT2D eigenvalue weighted by atomic mass is 10.0. The molecule has 98 valence electrons. The molecule has 1 aliphatic heterocycles. The maximum absolute atomic E-state index is 10.7. The number of hydrogen-bond acceptors (Lipinski definition) is 5. The summed E-state index contributed by atoms with van der Waals surface area (Å²) in [6, 6.07) is -0.862. The first-order valence-electron chi connectivity index (χ1n) is 5.21. The molecule has 1 fully saturated rings. The van der Waals surface area contributed by atoms with E-state index in [0.29, 0.717) is 5.75 Å². The molecule has 8 heteroatoms. The van der Waals surface area contributed by atoms with Gasteiger partial charge in [-0.25, -0.2) is 10.9 Å². The quantitative estimate of drug-likeness (QED) is 0.218. The van der Waals surface area contributed by atoms with Crippen molar-refractivity contribution < 1.29 is 19.7 Å². The van der Waals surface area contributed by atoms with Crippen LogP contribution in [-0.2, 0) is 9.53 Å². The minimum Gasteiger partial charge on any atom is -0.465 e. The fourth-order valence-corrected chi connectivity index (χ4v) is 3.99. The van der Waals surface area contributed by atoms with Crippen molar-refractivity contribution in [2.75, 3.05) is 18.6 Å². The van der Waals surface area contributed by atoms with Crippen LogP contribution in [0.1, 0.15) is 6.92 Å². The van der Waals surface area contributed by atoms with E-state index in [2.05, 4.69) is 10.0 Å². The van der Waals surface area contributed by atoms with Crippen LogP contribution in [0.25, 0.3) is 10.4 Å². The van der Waals surface area contributed by atoms with Crippen molar-refractivity contribution in [1.29, 1.82) is 0 Å². The minimum absolute atomic E-state index is 0.100. The second kappa shape index (κ2) is 6.11. The highest BCUT2D eigenvalue weighted by molar-refractivity contribution is 8.17. The van der Waals surface area contributed by atoms with E-state index in [9.17, 15) is 15.0 Å². The lowest BCUT2D eigenvalue weighted by Gasteiger charge is -2.41. The number of nitrogens with zero attached hydrogens (tertiary/aromatic N) is 3. The second-order valence-electron chi connectivity index (χ2n) is 4.06. The van der Waals surface area contributed by atoms with Crippen LogP contribution in [0.5, 0.6) is 0 Å². The summed E-state index contributed by atoms with van der Waals surface area (Å²) in [7, 11) is -0.662. The molecule has 0 aliphatic carbocycles. The number of thiol groups is 1. The summed E-state index contributed by atoms with van der Waals surface area (Å²) in [5, 5.41) is 22.9. The SMILES string of the molecule is CC(=O)OC[C@@H]1[C@H](O)[C@@H](N=[N+]=[N-])[C@@H](O)C[SH]1C. The number of esters is 1. The fraction of sp³-hybridized carbons (Fsp3) is 0.889. The number of carbonyl (C=O) groups is 1. The van der Waals surface area contributed by atoms with Crippen LogP contribution in [-0.4, -0.2) is 58.3 Å². The van der Waals surface area contributed by atoms with Crippen LogP contribution in [0, 0.1) is 0 Å². The van der Waals surface area contributed by atoms with Crippen molar-refractivity contribution in [2.24, 2.45) is 5.11 Å². The molecule has 0 amide bonds. The molecule has 1 unspecified atom stereocenters. The van der Waals surface area contributed by atoms with E-state index in [1.165, 1.54) is 6.92 Å². The monoisotopic (exact) mass is 263 g/mol. The van der Waals surface area contributed by atoms with E-state index >= 15 is 0 Å². The highest BCUT2D eigenvalue weighted by Gasteiger charge is 2.40. The van der Waals surface area contributed by atoms with Gasteiger partial charge in [-0.05, 0) is 11.8 Å². The molecule has 5 atom stereocenters. The minimum atomic E-state index is -0.967. The summed E-state index contributed by atoms with van der Waals surface area (Å²) in [5.41, 5.74) is 8.38. The molecule has 1 saturated heterocycles. The molecule has 0 aromatic heterocycles. The van der Waals surface area contributed by atoms with Crippen molar-refractivity contribution in [3.8, 4) is 0 Å². The summed E-state index contributed by atoms with van der Waals surface area (Å²) in [6.07, 6.45) is 0.123. The van der Waals surface area contributed by atoms with Gasteiger partial charge in [0.05, 0.1) is 18.2 Å². The van der Waals surface area contributed by atoms with Crippen molar-refractivity contribution >= 4 is 16.9 Å². The first-order valence-corrected chi connectivity index (χ1v) is 7.25. The summed E-state index contributed by atoms with van der Waals surface area (Å²) in [5.74, 6) is 0.0641. The number of azide groups is 1.